The van der Waals surface area contributed by atoms with Gasteiger partial charge in [-0.2, -0.15) is 13.2 Å². The Bertz CT molecular complexity index is 490. The lowest BCUT2D eigenvalue weighted by molar-refractivity contribution is -0.137. The van der Waals surface area contributed by atoms with Crippen molar-refractivity contribution in [3.8, 4) is 0 Å². The number of carbonyl (C=O) groups excluding carboxylic acids is 1. The molecule has 0 spiro atoms. The number of carbonyl (C=O) groups is 1. The van der Waals surface area contributed by atoms with Crippen LogP contribution in [0.4, 0.5) is 18.9 Å². The summed E-state index contributed by atoms with van der Waals surface area (Å²) < 4.78 is 38.0. The van der Waals surface area contributed by atoms with Crippen molar-refractivity contribution >= 4 is 23.2 Å². The average Bonchev–Trinajstić information content (AvgIpc) is 2.56. The van der Waals surface area contributed by atoms with Gasteiger partial charge in [-0.1, -0.05) is 17.7 Å². The van der Waals surface area contributed by atoms with Crippen molar-refractivity contribution in [3.63, 3.8) is 0 Å². The Morgan fingerprint density at radius 2 is 2.06 bits per heavy atom. The maximum absolute atomic E-state index is 12.7. The van der Waals surface area contributed by atoms with Crippen molar-refractivity contribution in [2.24, 2.45) is 0 Å². The van der Waals surface area contributed by atoms with Crippen molar-refractivity contribution in [2.75, 3.05) is 11.4 Å². The minimum atomic E-state index is -4.57. The molecule has 1 heterocycles. The minimum Gasteiger partial charge on any atom is -0.391 e. The lowest BCUT2D eigenvalue weighted by Crippen LogP contribution is -2.26. The van der Waals surface area contributed by atoms with Crippen molar-refractivity contribution < 1.29 is 23.1 Å². The van der Waals surface area contributed by atoms with Gasteiger partial charge >= 0.3 is 6.18 Å². The van der Waals surface area contributed by atoms with Crippen LogP contribution in [0.25, 0.3) is 0 Å². The standard InChI is InChI=1S/C11H9ClF3NO2/c12-10-7(11(13,14)15)2-1-3-8(10)16-5-6(17)4-9(16)18/h1-3,6,17H,4-5H2. The number of hydrogen-bond donors (Lipinski definition) is 1. The second-order valence-corrected chi connectivity index (χ2v) is 4.38. The summed E-state index contributed by atoms with van der Waals surface area (Å²) in [5.41, 5.74) is -1.01. The smallest absolute Gasteiger partial charge is 0.391 e. The molecule has 1 N–H and O–H groups in total. The summed E-state index contributed by atoms with van der Waals surface area (Å²) >= 11 is 5.69. The highest BCUT2D eigenvalue weighted by Crippen LogP contribution is 2.40. The van der Waals surface area contributed by atoms with E-state index in [-0.39, 0.29) is 18.7 Å². The molecule has 1 saturated heterocycles. The fourth-order valence-corrected chi connectivity index (χ4v) is 2.20. The molecule has 1 aliphatic heterocycles. The number of amides is 1. The summed E-state index contributed by atoms with van der Waals surface area (Å²) in [6, 6.07) is 3.36. The van der Waals surface area contributed by atoms with E-state index in [0.29, 0.717) is 0 Å². The largest absolute Gasteiger partial charge is 0.417 e. The predicted molar refractivity (Wildman–Crippen MR) is 59.4 cm³/mol. The van der Waals surface area contributed by atoms with Gasteiger partial charge < -0.3 is 10.0 Å². The summed E-state index contributed by atoms with van der Waals surface area (Å²) in [5, 5.41) is 8.80. The van der Waals surface area contributed by atoms with Crippen molar-refractivity contribution in [3.05, 3.63) is 28.8 Å². The fourth-order valence-electron chi connectivity index (χ4n) is 1.87. The van der Waals surface area contributed by atoms with Crippen LogP contribution in [0.3, 0.4) is 0 Å². The van der Waals surface area contributed by atoms with Crippen LogP contribution in [0.1, 0.15) is 12.0 Å². The topological polar surface area (TPSA) is 40.5 Å². The number of rotatable bonds is 1. The van der Waals surface area contributed by atoms with Crippen LogP contribution in [0.15, 0.2) is 18.2 Å². The van der Waals surface area contributed by atoms with Gasteiger partial charge in [0.25, 0.3) is 0 Å². The third-order valence-electron chi connectivity index (χ3n) is 2.68. The normalized spacial score (nSPS) is 20.6. The third kappa shape index (κ3) is 2.30. The van der Waals surface area contributed by atoms with Gasteiger partial charge in [-0.25, -0.2) is 0 Å². The quantitative estimate of drug-likeness (QED) is 0.858. The van der Waals surface area contributed by atoms with Gasteiger partial charge in [0.05, 0.1) is 35.3 Å². The first-order valence-corrected chi connectivity index (χ1v) is 5.52. The molecule has 98 valence electrons. The summed E-state index contributed by atoms with van der Waals surface area (Å²) in [6.45, 7) is -0.0418. The molecule has 1 atom stereocenters. The van der Waals surface area contributed by atoms with Gasteiger partial charge in [0.2, 0.25) is 5.91 Å². The number of hydrogen-bond acceptors (Lipinski definition) is 2. The number of aliphatic hydroxyl groups excluding tert-OH is 1. The molecule has 1 aromatic rings. The van der Waals surface area contributed by atoms with Crippen LogP contribution in [0.5, 0.6) is 0 Å². The molecule has 0 radical (unpaired) electrons. The molecule has 1 unspecified atom stereocenters. The van der Waals surface area contributed by atoms with Crippen molar-refractivity contribution in [2.45, 2.75) is 18.7 Å². The Morgan fingerprint density at radius 1 is 1.39 bits per heavy atom. The van der Waals surface area contributed by atoms with E-state index < -0.39 is 28.8 Å². The van der Waals surface area contributed by atoms with Gasteiger partial charge in [0.1, 0.15) is 0 Å². The highest BCUT2D eigenvalue weighted by Gasteiger charge is 2.37. The molecule has 0 aromatic heterocycles. The SMILES string of the molecule is O=C1CC(O)CN1c1cccc(C(F)(F)F)c1Cl. The Labute approximate surface area is 106 Å². The van der Waals surface area contributed by atoms with Crippen LogP contribution >= 0.6 is 11.6 Å². The van der Waals surface area contributed by atoms with E-state index in [1.807, 2.05) is 0 Å². The molecular weight excluding hydrogens is 271 g/mol. The van der Waals surface area contributed by atoms with E-state index in [1.54, 1.807) is 0 Å². The average molecular weight is 280 g/mol. The molecule has 1 aromatic carbocycles. The number of aliphatic hydroxyl groups is 1. The Balaban J connectivity index is 2.44. The zero-order valence-corrected chi connectivity index (χ0v) is 9.79. The summed E-state index contributed by atoms with van der Waals surface area (Å²) in [5.74, 6) is -0.441. The van der Waals surface area contributed by atoms with Crippen LogP contribution in [0.2, 0.25) is 5.02 Å². The monoisotopic (exact) mass is 279 g/mol. The van der Waals surface area contributed by atoms with Gasteiger partial charge in [-0.15, -0.1) is 0 Å². The number of β-amino-alcohol motifs (C(OH)–C–C–N with tert-alkyl or cyclic N) is 1. The number of halogens is 4. The van der Waals surface area contributed by atoms with Crippen LogP contribution in [-0.4, -0.2) is 23.7 Å². The molecule has 1 aliphatic rings. The fraction of sp³-hybridized carbons (Fsp3) is 0.364. The van der Waals surface area contributed by atoms with Gasteiger partial charge in [-0.3, -0.25) is 4.79 Å². The maximum Gasteiger partial charge on any atom is 0.417 e. The number of anilines is 1. The van der Waals surface area contributed by atoms with E-state index in [2.05, 4.69) is 0 Å². The first-order valence-electron chi connectivity index (χ1n) is 5.15. The lowest BCUT2D eigenvalue weighted by Gasteiger charge is -2.20. The molecule has 2 rings (SSSR count). The van der Waals surface area contributed by atoms with Crippen LogP contribution in [-0.2, 0) is 11.0 Å². The second-order valence-electron chi connectivity index (χ2n) is 4.00. The van der Waals surface area contributed by atoms with E-state index in [4.69, 9.17) is 11.6 Å². The third-order valence-corrected chi connectivity index (χ3v) is 3.08. The highest BCUT2D eigenvalue weighted by atomic mass is 35.5. The Morgan fingerprint density at radius 3 is 2.56 bits per heavy atom. The molecule has 1 fully saturated rings. The number of alkyl halides is 3. The zero-order chi connectivity index (χ0) is 13.5. The van der Waals surface area contributed by atoms with Crippen molar-refractivity contribution in [1.29, 1.82) is 0 Å². The molecule has 3 nitrogen and oxygen atoms in total. The minimum absolute atomic E-state index is 0.0203. The molecule has 1 amide bonds. The van der Waals surface area contributed by atoms with Crippen molar-refractivity contribution in [1.82, 2.24) is 0 Å². The molecule has 0 bridgehead atoms. The van der Waals surface area contributed by atoms with E-state index >= 15 is 0 Å². The van der Waals surface area contributed by atoms with Crippen LogP contribution in [0, 0.1) is 0 Å². The summed E-state index contributed by atoms with van der Waals surface area (Å²) in [7, 11) is 0. The summed E-state index contributed by atoms with van der Waals surface area (Å²) in [6.07, 6.45) is -5.55. The second kappa shape index (κ2) is 4.44. The predicted octanol–water partition coefficient (Wildman–Crippen LogP) is 2.46. The van der Waals surface area contributed by atoms with E-state index in [0.717, 1.165) is 11.0 Å². The highest BCUT2D eigenvalue weighted by molar-refractivity contribution is 6.34. The maximum atomic E-state index is 12.7. The van der Waals surface area contributed by atoms with Crippen LogP contribution < -0.4 is 4.90 Å². The van der Waals surface area contributed by atoms with E-state index in [9.17, 15) is 23.1 Å². The summed E-state index contributed by atoms with van der Waals surface area (Å²) in [4.78, 5) is 12.6. The lowest BCUT2D eigenvalue weighted by atomic mass is 10.2. The zero-order valence-electron chi connectivity index (χ0n) is 9.04. The first kappa shape index (κ1) is 13.2. The molecule has 0 saturated carbocycles. The number of nitrogens with zero attached hydrogens (tertiary/aromatic N) is 1. The van der Waals surface area contributed by atoms with Gasteiger partial charge in [0.15, 0.2) is 0 Å². The molecular formula is C11H9ClF3NO2. The van der Waals surface area contributed by atoms with Gasteiger partial charge in [-0.05, 0) is 12.1 Å². The van der Waals surface area contributed by atoms with Gasteiger partial charge in [0, 0.05) is 0 Å². The van der Waals surface area contributed by atoms with E-state index in [1.165, 1.54) is 12.1 Å². The molecule has 7 heteroatoms. The number of benzene rings is 1. The Kier molecular flexibility index (Phi) is 3.25. The first-order chi connectivity index (χ1) is 8.30. The molecule has 18 heavy (non-hydrogen) atoms. The Hall–Kier alpha value is -1.27. The molecule has 0 aliphatic carbocycles.